The van der Waals surface area contributed by atoms with Gasteiger partial charge < -0.3 is 10.1 Å². The molecule has 1 aromatic heterocycles. The van der Waals surface area contributed by atoms with Gasteiger partial charge in [0, 0.05) is 10.7 Å². The molecule has 3 rings (SSSR count). The summed E-state index contributed by atoms with van der Waals surface area (Å²) in [6.07, 6.45) is -1.08. The molecule has 0 aliphatic heterocycles. The minimum absolute atomic E-state index is 0.00361. The van der Waals surface area contributed by atoms with Gasteiger partial charge in [-0.2, -0.15) is 15.2 Å². The first kappa shape index (κ1) is 20.0. The number of rotatable bonds is 5. The quantitative estimate of drug-likeness (QED) is 0.647. The van der Waals surface area contributed by atoms with E-state index in [1.807, 2.05) is 6.07 Å². The molecule has 0 spiro atoms. The highest BCUT2D eigenvalue weighted by Crippen LogP contribution is 2.16. The van der Waals surface area contributed by atoms with Crippen molar-refractivity contribution in [2.45, 2.75) is 20.0 Å². The first-order valence-corrected chi connectivity index (χ1v) is 8.97. The summed E-state index contributed by atoms with van der Waals surface area (Å²) in [6.45, 7) is 3.06. The molecule has 3 aromatic rings. The lowest BCUT2D eigenvalue weighted by Crippen LogP contribution is -2.30. The van der Waals surface area contributed by atoms with Gasteiger partial charge in [-0.3, -0.25) is 4.79 Å². The van der Waals surface area contributed by atoms with Crippen LogP contribution in [-0.2, 0) is 9.53 Å². The fourth-order valence-electron chi connectivity index (χ4n) is 2.46. The molecule has 0 saturated heterocycles. The van der Waals surface area contributed by atoms with Crippen LogP contribution >= 0.6 is 11.6 Å². The second kappa shape index (κ2) is 8.54. The van der Waals surface area contributed by atoms with Crippen molar-refractivity contribution in [2.24, 2.45) is 0 Å². The number of anilines is 1. The minimum atomic E-state index is -1.08. The Balaban J connectivity index is 1.69. The number of amides is 1. The van der Waals surface area contributed by atoms with E-state index in [0.29, 0.717) is 27.7 Å². The van der Waals surface area contributed by atoms with Crippen LogP contribution < -0.4 is 5.32 Å². The van der Waals surface area contributed by atoms with Crippen molar-refractivity contribution in [3.63, 3.8) is 0 Å². The largest absolute Gasteiger partial charge is 0.448 e. The summed E-state index contributed by atoms with van der Waals surface area (Å²) in [7, 11) is 0. The number of carbonyl (C=O) groups is 2. The smallest absolute Gasteiger partial charge is 0.361 e. The van der Waals surface area contributed by atoms with Gasteiger partial charge >= 0.3 is 5.97 Å². The Kier molecular flexibility index (Phi) is 5.90. The van der Waals surface area contributed by atoms with Gasteiger partial charge in [-0.1, -0.05) is 23.7 Å². The van der Waals surface area contributed by atoms with E-state index >= 15 is 0 Å². The minimum Gasteiger partial charge on any atom is -0.448 e. The van der Waals surface area contributed by atoms with Crippen molar-refractivity contribution < 1.29 is 14.3 Å². The SMILES string of the molecule is Cc1nn(-c2cccc(Cl)c2)nc1C(=O)O[C@H](C)C(=O)Nc1cccc(C#N)c1. The van der Waals surface area contributed by atoms with Crippen LogP contribution in [0.4, 0.5) is 5.69 Å². The summed E-state index contributed by atoms with van der Waals surface area (Å²) in [5.41, 5.74) is 1.77. The summed E-state index contributed by atoms with van der Waals surface area (Å²) in [5, 5.41) is 20.4. The molecule has 0 radical (unpaired) electrons. The number of hydrogen-bond donors (Lipinski definition) is 1. The number of aryl methyl sites for hydroxylation is 1. The standard InChI is InChI=1S/C20H16ClN5O3/c1-12-18(25-26(24-12)17-8-4-6-15(21)10-17)20(28)29-13(2)19(27)23-16-7-3-5-14(9-16)11-22/h3-10,13H,1-2H3,(H,23,27)/t13-/m1/s1. The molecule has 8 nitrogen and oxygen atoms in total. The third kappa shape index (κ3) is 4.78. The summed E-state index contributed by atoms with van der Waals surface area (Å²) in [6, 6.07) is 15.2. The van der Waals surface area contributed by atoms with Gasteiger partial charge in [0.1, 0.15) is 0 Å². The molecule has 0 saturated carbocycles. The molecule has 0 aliphatic carbocycles. The first-order valence-electron chi connectivity index (χ1n) is 8.59. The van der Waals surface area contributed by atoms with Gasteiger partial charge in [-0.25, -0.2) is 4.79 Å². The Hall–Kier alpha value is -3.70. The summed E-state index contributed by atoms with van der Waals surface area (Å²) in [4.78, 5) is 26.0. The summed E-state index contributed by atoms with van der Waals surface area (Å²) >= 11 is 5.97. The Bertz CT molecular complexity index is 1120. The third-order valence-corrected chi connectivity index (χ3v) is 4.16. The molecular formula is C20H16ClN5O3. The number of esters is 1. The number of nitrogens with zero attached hydrogens (tertiary/aromatic N) is 4. The predicted molar refractivity (Wildman–Crippen MR) is 106 cm³/mol. The van der Waals surface area contributed by atoms with Crippen LogP contribution in [0, 0.1) is 18.3 Å². The van der Waals surface area contributed by atoms with Gasteiger partial charge in [-0.15, -0.1) is 5.10 Å². The van der Waals surface area contributed by atoms with Crippen molar-refractivity contribution >= 4 is 29.2 Å². The molecule has 0 fully saturated rings. The van der Waals surface area contributed by atoms with Crippen LogP contribution in [0.15, 0.2) is 48.5 Å². The molecule has 0 bridgehead atoms. The third-order valence-electron chi connectivity index (χ3n) is 3.93. The van der Waals surface area contributed by atoms with E-state index in [1.165, 1.54) is 17.8 Å². The molecule has 2 aromatic carbocycles. The highest BCUT2D eigenvalue weighted by Gasteiger charge is 2.23. The predicted octanol–water partition coefficient (Wildman–Crippen LogP) is 3.28. The van der Waals surface area contributed by atoms with E-state index in [0.717, 1.165) is 0 Å². The van der Waals surface area contributed by atoms with E-state index in [-0.39, 0.29) is 5.69 Å². The maximum atomic E-state index is 12.5. The van der Waals surface area contributed by atoms with Crippen LogP contribution in [0.25, 0.3) is 5.69 Å². The van der Waals surface area contributed by atoms with Crippen molar-refractivity contribution in [3.8, 4) is 11.8 Å². The zero-order chi connectivity index (χ0) is 21.0. The van der Waals surface area contributed by atoms with Crippen LogP contribution in [0.1, 0.15) is 28.7 Å². The van der Waals surface area contributed by atoms with Crippen molar-refractivity contribution in [1.82, 2.24) is 15.0 Å². The number of aromatic nitrogens is 3. The lowest BCUT2D eigenvalue weighted by Gasteiger charge is -2.13. The Labute approximate surface area is 171 Å². The average Bonchev–Trinajstić information content (AvgIpc) is 3.10. The monoisotopic (exact) mass is 409 g/mol. The number of carbonyl (C=O) groups excluding carboxylic acids is 2. The average molecular weight is 410 g/mol. The highest BCUT2D eigenvalue weighted by molar-refractivity contribution is 6.30. The Morgan fingerprint density at radius 3 is 2.69 bits per heavy atom. The molecule has 1 atom stereocenters. The number of benzene rings is 2. The van der Waals surface area contributed by atoms with Crippen LogP contribution in [0.2, 0.25) is 5.02 Å². The molecule has 1 amide bonds. The Morgan fingerprint density at radius 1 is 1.21 bits per heavy atom. The van der Waals surface area contributed by atoms with E-state index in [1.54, 1.807) is 49.4 Å². The lowest BCUT2D eigenvalue weighted by atomic mass is 10.2. The van der Waals surface area contributed by atoms with Gasteiger partial charge in [0.05, 0.1) is 23.0 Å². The Morgan fingerprint density at radius 2 is 1.97 bits per heavy atom. The summed E-state index contributed by atoms with van der Waals surface area (Å²) < 4.78 is 5.22. The molecule has 1 heterocycles. The van der Waals surface area contributed by atoms with E-state index < -0.39 is 18.0 Å². The molecule has 0 aliphatic rings. The number of ether oxygens (including phenoxy) is 1. The van der Waals surface area contributed by atoms with E-state index in [2.05, 4.69) is 15.5 Å². The number of halogens is 1. The van der Waals surface area contributed by atoms with Crippen molar-refractivity contribution in [3.05, 3.63) is 70.5 Å². The zero-order valence-electron chi connectivity index (χ0n) is 15.6. The number of nitrogens with one attached hydrogen (secondary N) is 1. The fraction of sp³-hybridized carbons (Fsp3) is 0.150. The first-order chi connectivity index (χ1) is 13.9. The van der Waals surface area contributed by atoms with Crippen LogP contribution in [-0.4, -0.2) is 33.0 Å². The highest BCUT2D eigenvalue weighted by atomic mass is 35.5. The summed E-state index contributed by atoms with van der Waals surface area (Å²) in [5.74, 6) is -1.31. The van der Waals surface area contributed by atoms with Gasteiger partial charge in [0.15, 0.2) is 11.8 Å². The van der Waals surface area contributed by atoms with E-state index in [9.17, 15) is 9.59 Å². The second-order valence-corrected chi connectivity index (χ2v) is 6.57. The van der Waals surface area contributed by atoms with Crippen molar-refractivity contribution in [2.75, 3.05) is 5.32 Å². The maximum Gasteiger partial charge on any atom is 0.361 e. The molecular weight excluding hydrogens is 394 g/mol. The number of hydrogen-bond acceptors (Lipinski definition) is 6. The van der Waals surface area contributed by atoms with E-state index in [4.69, 9.17) is 21.6 Å². The molecule has 29 heavy (non-hydrogen) atoms. The number of nitriles is 1. The van der Waals surface area contributed by atoms with Gasteiger partial charge in [0.25, 0.3) is 5.91 Å². The second-order valence-electron chi connectivity index (χ2n) is 6.13. The fourth-order valence-corrected chi connectivity index (χ4v) is 2.65. The van der Waals surface area contributed by atoms with Gasteiger partial charge in [-0.05, 0) is 50.2 Å². The lowest BCUT2D eigenvalue weighted by molar-refractivity contribution is -0.123. The van der Waals surface area contributed by atoms with Crippen LogP contribution in [0.3, 0.4) is 0 Å². The maximum absolute atomic E-state index is 12.5. The van der Waals surface area contributed by atoms with Gasteiger partial charge in [0.2, 0.25) is 0 Å². The van der Waals surface area contributed by atoms with Crippen LogP contribution in [0.5, 0.6) is 0 Å². The zero-order valence-corrected chi connectivity index (χ0v) is 16.3. The molecule has 0 unspecified atom stereocenters. The normalized spacial score (nSPS) is 11.4. The molecule has 146 valence electrons. The molecule has 1 N–H and O–H groups in total. The van der Waals surface area contributed by atoms with Crippen molar-refractivity contribution in [1.29, 1.82) is 5.26 Å². The topological polar surface area (TPSA) is 110 Å². The molecule has 9 heteroatoms.